The van der Waals surface area contributed by atoms with Crippen LogP contribution in [0.25, 0.3) is 102 Å². The van der Waals surface area contributed by atoms with Crippen LogP contribution in [-0.2, 0) is 0 Å². The van der Waals surface area contributed by atoms with Gasteiger partial charge in [-0.05, 0) is 47.5 Å². The molecule has 7 heteroatoms. The second-order valence-electron chi connectivity index (χ2n) is 12.7. The summed E-state index contributed by atoms with van der Waals surface area (Å²) in [5, 5.41) is 4.64. The fourth-order valence-corrected chi connectivity index (χ4v) is 9.68. The molecule has 0 unspecified atom stereocenters. The van der Waals surface area contributed by atoms with Gasteiger partial charge in [-0.1, -0.05) is 109 Å². The minimum absolute atomic E-state index is 0.670. The van der Waals surface area contributed by atoms with E-state index in [0.717, 1.165) is 75.9 Å². The molecule has 0 saturated carbocycles. The SMILES string of the molecule is c1ccc(-c2ncnc3c2sc2ccc(-c4ccc5sc6c(-c7ccccc7)nc(-n7c8ccccc8c8ccccc87)nc6c5c4)cc23)cc1. The van der Waals surface area contributed by atoms with Crippen LogP contribution in [0.2, 0.25) is 0 Å². The number of fused-ring (bicyclic) bond motifs is 9. The highest BCUT2D eigenvalue weighted by atomic mass is 32.1. The molecule has 51 heavy (non-hydrogen) atoms. The molecule has 0 amide bonds. The van der Waals surface area contributed by atoms with Crippen molar-refractivity contribution < 1.29 is 0 Å². The molecule has 0 aliphatic carbocycles. The number of rotatable bonds is 4. The van der Waals surface area contributed by atoms with Crippen LogP contribution in [0.1, 0.15) is 0 Å². The van der Waals surface area contributed by atoms with Crippen LogP contribution in [0.3, 0.4) is 0 Å². The van der Waals surface area contributed by atoms with Crippen molar-refractivity contribution in [3.63, 3.8) is 0 Å². The molecule has 0 fully saturated rings. The fraction of sp³-hybridized carbons (Fsp3) is 0. The molecule has 0 radical (unpaired) electrons. The van der Waals surface area contributed by atoms with Crippen molar-refractivity contribution in [1.29, 1.82) is 0 Å². The molecule has 5 aromatic heterocycles. The molecule has 5 heterocycles. The van der Waals surface area contributed by atoms with Crippen LogP contribution in [0.5, 0.6) is 0 Å². The minimum atomic E-state index is 0.670. The summed E-state index contributed by atoms with van der Waals surface area (Å²) in [6.45, 7) is 0. The Kier molecular flexibility index (Phi) is 6.22. The topological polar surface area (TPSA) is 56.5 Å². The maximum Gasteiger partial charge on any atom is 0.235 e. The maximum absolute atomic E-state index is 5.40. The van der Waals surface area contributed by atoms with E-state index in [1.165, 1.54) is 20.2 Å². The number of thiophene rings is 2. The van der Waals surface area contributed by atoms with Crippen LogP contribution in [0.15, 0.2) is 152 Å². The lowest BCUT2D eigenvalue weighted by molar-refractivity contribution is 1.02. The summed E-state index contributed by atoms with van der Waals surface area (Å²) < 4.78 is 6.79. The molecule has 11 rings (SSSR count). The Morgan fingerprint density at radius 1 is 0.412 bits per heavy atom. The average molecular weight is 688 g/mol. The molecule has 0 spiro atoms. The zero-order valence-electron chi connectivity index (χ0n) is 27.0. The average Bonchev–Trinajstić information content (AvgIpc) is 3.87. The van der Waals surface area contributed by atoms with E-state index in [-0.39, 0.29) is 0 Å². The second kappa shape index (κ2) is 11.1. The van der Waals surface area contributed by atoms with E-state index in [1.54, 1.807) is 29.0 Å². The second-order valence-corrected chi connectivity index (χ2v) is 14.8. The highest BCUT2D eigenvalue weighted by Gasteiger charge is 2.20. The summed E-state index contributed by atoms with van der Waals surface area (Å²) in [6.07, 6.45) is 1.69. The van der Waals surface area contributed by atoms with E-state index >= 15 is 0 Å². The highest BCUT2D eigenvalue weighted by Crippen LogP contribution is 2.43. The number of para-hydroxylation sites is 2. The first-order valence-electron chi connectivity index (χ1n) is 16.8. The normalized spacial score (nSPS) is 11.9. The predicted octanol–water partition coefficient (Wildman–Crippen LogP) is 12.1. The van der Waals surface area contributed by atoms with E-state index in [2.05, 4.69) is 149 Å². The van der Waals surface area contributed by atoms with E-state index < -0.39 is 0 Å². The summed E-state index contributed by atoms with van der Waals surface area (Å²) in [4.78, 5) is 20.2. The van der Waals surface area contributed by atoms with E-state index in [0.29, 0.717) is 5.95 Å². The quantitative estimate of drug-likeness (QED) is 0.185. The number of aromatic nitrogens is 5. The lowest BCUT2D eigenvalue weighted by atomic mass is 10.0. The Bertz CT molecular complexity index is 3090. The minimum Gasteiger partial charge on any atom is -0.278 e. The predicted molar refractivity (Wildman–Crippen MR) is 214 cm³/mol. The molecule has 238 valence electrons. The molecule has 0 atom stereocenters. The smallest absolute Gasteiger partial charge is 0.235 e. The highest BCUT2D eigenvalue weighted by molar-refractivity contribution is 7.26. The summed E-state index contributed by atoms with van der Waals surface area (Å²) in [5.74, 6) is 0.670. The number of hydrogen-bond donors (Lipinski definition) is 0. The van der Waals surface area contributed by atoms with Crippen molar-refractivity contribution >= 4 is 85.1 Å². The van der Waals surface area contributed by atoms with Crippen LogP contribution >= 0.6 is 22.7 Å². The molecule has 5 nitrogen and oxygen atoms in total. The first-order chi connectivity index (χ1) is 25.3. The molecule has 11 aromatic rings. The van der Waals surface area contributed by atoms with Gasteiger partial charge in [-0.3, -0.25) is 4.57 Å². The molecule has 0 bridgehead atoms. The van der Waals surface area contributed by atoms with Gasteiger partial charge in [0.2, 0.25) is 5.95 Å². The third-order valence-corrected chi connectivity index (χ3v) is 12.1. The fourth-order valence-electron chi connectivity index (χ4n) is 7.40. The maximum atomic E-state index is 5.40. The molecule has 0 N–H and O–H groups in total. The van der Waals surface area contributed by atoms with Crippen molar-refractivity contribution in [3.05, 3.63) is 152 Å². The van der Waals surface area contributed by atoms with Crippen LogP contribution in [0, 0.1) is 0 Å². The Morgan fingerprint density at radius 3 is 1.57 bits per heavy atom. The van der Waals surface area contributed by atoms with Gasteiger partial charge < -0.3 is 0 Å². The molecule has 0 aliphatic heterocycles. The Labute approximate surface area is 299 Å². The zero-order valence-corrected chi connectivity index (χ0v) is 28.6. The van der Waals surface area contributed by atoms with Gasteiger partial charge in [0, 0.05) is 42.1 Å². The van der Waals surface area contributed by atoms with Gasteiger partial charge in [0.25, 0.3) is 0 Å². The number of benzene rings is 6. The summed E-state index contributed by atoms with van der Waals surface area (Å²) in [6, 6.07) is 51.4. The van der Waals surface area contributed by atoms with Crippen molar-refractivity contribution in [2.45, 2.75) is 0 Å². The standard InChI is InChI=1S/C44H25N5S2/c1-3-11-26(12-4-1)38-42-40(46-25-45-38)32-23-28(19-21-36(32)50-42)29-20-22-37-33(24-29)41-43(51-37)39(27-13-5-2-6-14-27)47-44(48-41)49-34-17-9-7-15-30(34)31-16-8-10-18-35(31)49/h1-25H. The van der Waals surface area contributed by atoms with E-state index in [1.807, 2.05) is 6.07 Å². The van der Waals surface area contributed by atoms with Gasteiger partial charge in [0.15, 0.2) is 0 Å². The van der Waals surface area contributed by atoms with Crippen molar-refractivity contribution in [3.8, 4) is 39.6 Å². The third kappa shape index (κ3) is 4.39. The zero-order chi connectivity index (χ0) is 33.5. The van der Waals surface area contributed by atoms with Gasteiger partial charge in [0.1, 0.15) is 6.33 Å². The Morgan fingerprint density at radius 2 is 0.941 bits per heavy atom. The first-order valence-corrected chi connectivity index (χ1v) is 18.4. The van der Waals surface area contributed by atoms with Crippen LogP contribution in [-0.4, -0.2) is 24.5 Å². The van der Waals surface area contributed by atoms with Gasteiger partial charge in [-0.25, -0.2) is 19.9 Å². The molecule has 0 aliphatic rings. The van der Waals surface area contributed by atoms with Gasteiger partial charge in [-0.15, -0.1) is 22.7 Å². The van der Waals surface area contributed by atoms with Crippen molar-refractivity contribution in [1.82, 2.24) is 24.5 Å². The van der Waals surface area contributed by atoms with Gasteiger partial charge >= 0.3 is 0 Å². The third-order valence-electron chi connectivity index (χ3n) is 9.76. The Hall–Kier alpha value is -6.28. The van der Waals surface area contributed by atoms with Crippen molar-refractivity contribution in [2.75, 3.05) is 0 Å². The Balaban J connectivity index is 1.14. The monoisotopic (exact) mass is 687 g/mol. The summed E-state index contributed by atoms with van der Waals surface area (Å²) in [5.41, 5.74) is 10.5. The van der Waals surface area contributed by atoms with Crippen LogP contribution in [0.4, 0.5) is 0 Å². The molecular formula is C44H25N5S2. The molecule has 0 saturated heterocycles. The number of hydrogen-bond acceptors (Lipinski definition) is 6. The largest absolute Gasteiger partial charge is 0.278 e. The summed E-state index contributed by atoms with van der Waals surface area (Å²) in [7, 11) is 0. The molecular weight excluding hydrogens is 663 g/mol. The summed E-state index contributed by atoms with van der Waals surface area (Å²) >= 11 is 3.51. The van der Waals surface area contributed by atoms with Crippen molar-refractivity contribution in [2.24, 2.45) is 0 Å². The lowest BCUT2D eigenvalue weighted by Gasteiger charge is -2.10. The van der Waals surface area contributed by atoms with Gasteiger partial charge in [-0.2, -0.15) is 0 Å². The van der Waals surface area contributed by atoms with E-state index in [9.17, 15) is 0 Å². The lowest BCUT2D eigenvalue weighted by Crippen LogP contribution is -2.02. The van der Waals surface area contributed by atoms with E-state index in [4.69, 9.17) is 15.0 Å². The number of nitrogens with zero attached hydrogens (tertiary/aromatic N) is 5. The molecule has 6 aromatic carbocycles. The first kappa shape index (κ1) is 28.5. The van der Waals surface area contributed by atoms with Crippen LogP contribution < -0.4 is 0 Å². The van der Waals surface area contributed by atoms with Gasteiger partial charge in [0.05, 0.1) is 42.9 Å².